The van der Waals surface area contributed by atoms with Crippen molar-refractivity contribution in [1.82, 2.24) is 0 Å². The Balaban J connectivity index is 2.04. The number of hydrogen-bond acceptors (Lipinski definition) is 8. The molecule has 9 nitrogen and oxygen atoms in total. The molecule has 2 aromatic rings. The normalized spacial score (nSPS) is 10.5. The minimum atomic E-state index is -0.530. The Morgan fingerprint density at radius 3 is 2.40 bits per heavy atom. The highest BCUT2D eigenvalue weighted by Gasteiger charge is 2.09. The Morgan fingerprint density at radius 2 is 1.77 bits per heavy atom. The molecule has 0 amide bonds. The maximum atomic E-state index is 10.8. The van der Waals surface area contributed by atoms with Crippen molar-refractivity contribution in [2.45, 2.75) is 12.8 Å². The van der Waals surface area contributed by atoms with E-state index in [1.165, 1.54) is 18.2 Å². The summed E-state index contributed by atoms with van der Waals surface area (Å²) in [5, 5.41) is 36.5. The molecule has 0 radical (unpaired) electrons. The van der Waals surface area contributed by atoms with Crippen LogP contribution in [0.25, 0.3) is 0 Å². The van der Waals surface area contributed by atoms with Crippen LogP contribution in [-0.2, 0) is 4.74 Å². The van der Waals surface area contributed by atoms with E-state index in [2.05, 4.69) is 16.3 Å². The molecule has 0 fully saturated rings. The van der Waals surface area contributed by atoms with E-state index in [9.17, 15) is 10.1 Å². The van der Waals surface area contributed by atoms with Crippen LogP contribution in [0.1, 0.15) is 12.8 Å². The van der Waals surface area contributed by atoms with E-state index in [4.69, 9.17) is 26.9 Å². The Hall–Kier alpha value is -3.53. The molecule has 0 N–H and O–H groups in total. The highest BCUT2D eigenvalue weighted by atomic mass is 35.5. The fourth-order valence-corrected chi connectivity index (χ4v) is 2.69. The monoisotopic (exact) mass is 426 g/mol. The lowest BCUT2D eigenvalue weighted by molar-refractivity contribution is -0.384. The van der Waals surface area contributed by atoms with Crippen LogP contribution in [0.2, 0.25) is 5.02 Å². The molecule has 0 aliphatic heterocycles. The second kappa shape index (κ2) is 12.1. The molecule has 0 bridgehead atoms. The third-order valence-corrected chi connectivity index (χ3v) is 4.29. The van der Waals surface area contributed by atoms with Gasteiger partial charge in [0.25, 0.3) is 5.69 Å². The van der Waals surface area contributed by atoms with Crippen molar-refractivity contribution in [3.8, 4) is 12.1 Å². The van der Waals surface area contributed by atoms with Gasteiger partial charge in [-0.1, -0.05) is 11.6 Å². The molecule has 0 heterocycles. The number of ether oxygens (including phenoxy) is 1. The molecule has 10 heteroatoms. The number of nitriles is 2. The van der Waals surface area contributed by atoms with Crippen molar-refractivity contribution in [2.75, 3.05) is 31.2 Å². The Morgan fingerprint density at radius 1 is 1.03 bits per heavy atom. The Labute approximate surface area is 178 Å². The fraction of sp³-hybridized carbons (Fsp3) is 0.300. The summed E-state index contributed by atoms with van der Waals surface area (Å²) in [4.78, 5) is 12.2. The van der Waals surface area contributed by atoms with Gasteiger partial charge >= 0.3 is 0 Å². The van der Waals surface area contributed by atoms with Gasteiger partial charge in [-0.15, -0.1) is 5.11 Å². The lowest BCUT2D eigenvalue weighted by atomic mass is 10.2. The quantitative estimate of drug-likeness (QED) is 0.207. The van der Waals surface area contributed by atoms with E-state index in [1.54, 1.807) is 12.1 Å². The van der Waals surface area contributed by atoms with Gasteiger partial charge in [-0.05, 0) is 30.3 Å². The van der Waals surface area contributed by atoms with Gasteiger partial charge in [-0.2, -0.15) is 15.6 Å². The van der Waals surface area contributed by atoms with Gasteiger partial charge in [0, 0.05) is 30.9 Å². The van der Waals surface area contributed by atoms with Crippen molar-refractivity contribution in [3.63, 3.8) is 0 Å². The molecular weight excluding hydrogens is 408 g/mol. The van der Waals surface area contributed by atoms with Crippen molar-refractivity contribution >= 4 is 34.4 Å². The first-order valence-corrected chi connectivity index (χ1v) is 9.45. The van der Waals surface area contributed by atoms with Gasteiger partial charge in [-0.3, -0.25) is 10.1 Å². The third-order valence-electron chi connectivity index (χ3n) is 3.99. The Bertz CT molecular complexity index is 966. The summed E-state index contributed by atoms with van der Waals surface area (Å²) in [6.07, 6.45) is 0.717. The molecule has 2 aromatic carbocycles. The van der Waals surface area contributed by atoms with Crippen LogP contribution in [0, 0.1) is 32.8 Å². The molecule has 2 rings (SSSR count). The number of halogens is 1. The highest BCUT2D eigenvalue weighted by Crippen LogP contribution is 2.30. The van der Waals surface area contributed by atoms with Gasteiger partial charge in [0.15, 0.2) is 0 Å². The van der Waals surface area contributed by atoms with E-state index in [-0.39, 0.29) is 10.7 Å². The number of azo groups is 1. The number of hydrogen-bond donors (Lipinski definition) is 0. The third kappa shape index (κ3) is 7.13. The number of nitro groups is 1. The molecule has 0 aromatic heterocycles. The number of nitro benzene ring substituents is 1. The van der Waals surface area contributed by atoms with Crippen LogP contribution in [0.3, 0.4) is 0 Å². The number of nitrogens with zero attached hydrogens (tertiary/aromatic N) is 6. The first kappa shape index (κ1) is 22.8. The zero-order valence-corrected chi connectivity index (χ0v) is 16.8. The van der Waals surface area contributed by atoms with Gasteiger partial charge in [0.1, 0.15) is 5.69 Å². The molecule has 0 spiro atoms. The fourth-order valence-electron chi connectivity index (χ4n) is 2.48. The first-order chi connectivity index (χ1) is 14.5. The van der Waals surface area contributed by atoms with E-state index in [0.29, 0.717) is 50.5 Å². The van der Waals surface area contributed by atoms with Gasteiger partial charge < -0.3 is 9.64 Å². The van der Waals surface area contributed by atoms with E-state index in [0.717, 1.165) is 5.69 Å². The van der Waals surface area contributed by atoms with Crippen LogP contribution in [0.4, 0.5) is 22.7 Å². The van der Waals surface area contributed by atoms with Crippen LogP contribution in [0.5, 0.6) is 0 Å². The van der Waals surface area contributed by atoms with Gasteiger partial charge in [0.05, 0.1) is 53.8 Å². The SMILES string of the molecule is N#CCCOCCN(CCC#N)c1ccc(N=Nc2ccc([N+](=O)[O-])cc2Cl)cc1. The molecule has 0 atom stereocenters. The maximum absolute atomic E-state index is 10.8. The van der Waals surface area contributed by atoms with E-state index >= 15 is 0 Å². The average molecular weight is 427 g/mol. The maximum Gasteiger partial charge on any atom is 0.271 e. The highest BCUT2D eigenvalue weighted by molar-refractivity contribution is 6.33. The van der Waals surface area contributed by atoms with Crippen LogP contribution in [-0.4, -0.2) is 31.2 Å². The van der Waals surface area contributed by atoms with Crippen molar-refractivity contribution in [3.05, 3.63) is 57.6 Å². The lowest BCUT2D eigenvalue weighted by Crippen LogP contribution is -2.28. The second-order valence-electron chi connectivity index (χ2n) is 6.02. The molecule has 30 heavy (non-hydrogen) atoms. The summed E-state index contributed by atoms with van der Waals surface area (Å²) >= 11 is 6.01. The van der Waals surface area contributed by atoms with Crippen LogP contribution in [0.15, 0.2) is 52.7 Å². The van der Waals surface area contributed by atoms with Crippen molar-refractivity contribution in [1.29, 1.82) is 10.5 Å². The summed E-state index contributed by atoms with van der Waals surface area (Å²) < 4.78 is 5.42. The standard InChI is InChI=1S/C20H19ClN6O3/c21-19-15-18(27(28)29)7-8-20(19)25-24-16-3-5-17(6-4-16)26(11-1-9-22)12-14-30-13-2-10-23/h3-8,15H,1-2,11-14H2. The smallest absolute Gasteiger partial charge is 0.271 e. The summed E-state index contributed by atoms with van der Waals surface area (Å²) in [5.41, 5.74) is 1.70. The molecule has 0 saturated carbocycles. The van der Waals surface area contributed by atoms with E-state index < -0.39 is 4.92 Å². The number of anilines is 1. The molecular formula is C20H19ClN6O3. The van der Waals surface area contributed by atoms with Crippen molar-refractivity contribution < 1.29 is 9.66 Å². The summed E-state index contributed by atoms with van der Waals surface area (Å²) in [6, 6.07) is 15.4. The summed E-state index contributed by atoms with van der Waals surface area (Å²) in [6.45, 7) is 1.98. The molecule has 0 aliphatic carbocycles. The zero-order chi connectivity index (χ0) is 21.8. The summed E-state index contributed by atoms with van der Waals surface area (Å²) in [5.74, 6) is 0. The molecule has 0 saturated heterocycles. The number of non-ortho nitro benzene ring substituents is 1. The second-order valence-corrected chi connectivity index (χ2v) is 6.43. The average Bonchev–Trinajstić information content (AvgIpc) is 2.75. The van der Waals surface area contributed by atoms with Crippen molar-refractivity contribution in [2.24, 2.45) is 10.2 Å². The van der Waals surface area contributed by atoms with Crippen LogP contribution >= 0.6 is 11.6 Å². The van der Waals surface area contributed by atoms with Gasteiger partial charge in [-0.25, -0.2) is 0 Å². The number of rotatable bonds is 11. The predicted octanol–water partition coefficient (Wildman–Crippen LogP) is 5.31. The Kier molecular flexibility index (Phi) is 9.19. The topological polar surface area (TPSA) is 128 Å². The van der Waals surface area contributed by atoms with Gasteiger partial charge in [0.2, 0.25) is 0 Å². The number of benzene rings is 2. The minimum absolute atomic E-state index is 0.114. The minimum Gasteiger partial charge on any atom is -0.379 e. The zero-order valence-electron chi connectivity index (χ0n) is 16.1. The largest absolute Gasteiger partial charge is 0.379 e. The molecule has 154 valence electrons. The summed E-state index contributed by atoms with van der Waals surface area (Å²) in [7, 11) is 0. The van der Waals surface area contributed by atoms with E-state index in [1.807, 2.05) is 23.1 Å². The lowest BCUT2D eigenvalue weighted by Gasteiger charge is -2.23. The molecule has 0 aliphatic rings. The first-order valence-electron chi connectivity index (χ1n) is 9.07. The molecule has 0 unspecified atom stereocenters. The van der Waals surface area contributed by atoms with Crippen LogP contribution < -0.4 is 4.90 Å². The predicted molar refractivity (Wildman–Crippen MR) is 112 cm³/mol.